The fraction of sp³-hybridized carbons (Fsp3) is 0.391. The zero-order chi connectivity index (χ0) is 24.4. The number of likely N-dealkylation sites (N-methyl/N-ethyl adjacent to an activating group) is 1. The van der Waals surface area contributed by atoms with Crippen LogP contribution in [0, 0.1) is 0 Å². The molecule has 0 atom stereocenters. The third-order valence-electron chi connectivity index (χ3n) is 4.92. The molecule has 2 aromatic rings. The average molecular weight is 478 g/mol. The molecule has 0 spiro atoms. The number of methoxy groups -OCH3 is 2. The van der Waals surface area contributed by atoms with Gasteiger partial charge in [0.25, 0.3) is 5.91 Å². The molecule has 0 bridgehead atoms. The van der Waals surface area contributed by atoms with E-state index >= 15 is 0 Å². The first-order valence-electron chi connectivity index (χ1n) is 10.4. The van der Waals surface area contributed by atoms with Gasteiger partial charge in [-0.1, -0.05) is 30.3 Å². The van der Waals surface area contributed by atoms with E-state index in [1.165, 1.54) is 48.6 Å². The van der Waals surface area contributed by atoms with E-state index in [-0.39, 0.29) is 35.2 Å². The number of benzene rings is 2. The van der Waals surface area contributed by atoms with Crippen molar-refractivity contribution in [3.63, 3.8) is 0 Å². The van der Waals surface area contributed by atoms with Crippen LogP contribution in [0.15, 0.2) is 53.4 Å². The van der Waals surface area contributed by atoms with Crippen molar-refractivity contribution in [2.24, 2.45) is 0 Å². The van der Waals surface area contributed by atoms with Gasteiger partial charge in [0.05, 0.1) is 13.7 Å². The maximum absolute atomic E-state index is 13.3. The number of nitrogens with zero attached hydrogens (tertiary/aromatic N) is 2. The Morgan fingerprint density at radius 2 is 1.73 bits per heavy atom. The Labute approximate surface area is 195 Å². The van der Waals surface area contributed by atoms with E-state index < -0.39 is 15.9 Å². The summed E-state index contributed by atoms with van der Waals surface area (Å²) in [5, 5.41) is 2.71. The SMILES string of the molecule is COCCCNC(=O)CN(C)C(=O)c1ccc(OC)c(S(=O)(=O)N(C)Cc2ccccc2)c1. The van der Waals surface area contributed by atoms with Gasteiger partial charge >= 0.3 is 0 Å². The van der Waals surface area contributed by atoms with E-state index in [1.54, 1.807) is 7.11 Å². The topological polar surface area (TPSA) is 105 Å². The Bertz CT molecular complexity index is 1040. The first-order chi connectivity index (χ1) is 15.7. The highest BCUT2D eigenvalue weighted by molar-refractivity contribution is 7.89. The first kappa shape index (κ1) is 26.3. The van der Waals surface area contributed by atoms with Gasteiger partial charge in [0, 0.05) is 46.5 Å². The quantitative estimate of drug-likeness (QED) is 0.467. The first-order valence-corrected chi connectivity index (χ1v) is 11.8. The van der Waals surface area contributed by atoms with Crippen molar-refractivity contribution in [3.8, 4) is 5.75 Å². The predicted molar refractivity (Wildman–Crippen MR) is 125 cm³/mol. The summed E-state index contributed by atoms with van der Waals surface area (Å²) < 4.78 is 37.9. The van der Waals surface area contributed by atoms with Crippen LogP contribution < -0.4 is 10.1 Å². The molecule has 2 aromatic carbocycles. The molecule has 0 aromatic heterocycles. The van der Waals surface area contributed by atoms with Crippen LogP contribution in [0.2, 0.25) is 0 Å². The lowest BCUT2D eigenvalue weighted by Gasteiger charge is -2.21. The van der Waals surface area contributed by atoms with Crippen LogP contribution in [-0.4, -0.2) is 77.4 Å². The van der Waals surface area contributed by atoms with Gasteiger partial charge < -0.3 is 19.7 Å². The number of amides is 2. The number of hydrogen-bond acceptors (Lipinski definition) is 6. The lowest BCUT2D eigenvalue weighted by atomic mass is 10.2. The molecule has 33 heavy (non-hydrogen) atoms. The minimum absolute atomic E-state index is 0.119. The average Bonchev–Trinajstić information content (AvgIpc) is 2.81. The molecule has 0 aliphatic rings. The van der Waals surface area contributed by atoms with Gasteiger partial charge in [-0.15, -0.1) is 0 Å². The van der Waals surface area contributed by atoms with Crippen molar-refractivity contribution in [2.75, 3.05) is 48.0 Å². The minimum atomic E-state index is -3.96. The van der Waals surface area contributed by atoms with Gasteiger partial charge in [0.1, 0.15) is 10.6 Å². The van der Waals surface area contributed by atoms with Crippen molar-refractivity contribution in [2.45, 2.75) is 17.9 Å². The molecule has 2 rings (SSSR count). The van der Waals surface area contributed by atoms with Crippen LogP contribution >= 0.6 is 0 Å². The summed E-state index contributed by atoms with van der Waals surface area (Å²) in [6.45, 7) is 0.964. The Morgan fingerprint density at radius 1 is 1.03 bits per heavy atom. The zero-order valence-electron chi connectivity index (χ0n) is 19.4. The van der Waals surface area contributed by atoms with E-state index in [2.05, 4.69) is 5.32 Å². The Kier molecular flexibility index (Phi) is 9.83. The molecule has 1 N–H and O–H groups in total. The van der Waals surface area contributed by atoms with E-state index in [4.69, 9.17) is 9.47 Å². The predicted octanol–water partition coefficient (Wildman–Crippen LogP) is 1.74. The van der Waals surface area contributed by atoms with Gasteiger partial charge in [0.15, 0.2) is 0 Å². The summed E-state index contributed by atoms with van der Waals surface area (Å²) in [5.74, 6) is -0.664. The highest BCUT2D eigenvalue weighted by Gasteiger charge is 2.27. The number of sulfonamides is 1. The maximum Gasteiger partial charge on any atom is 0.254 e. The molecule has 0 saturated carbocycles. The standard InChI is InChI=1S/C23H31N3O6S/c1-25(17-22(27)24-13-8-14-31-3)23(28)19-11-12-20(32-4)21(15-19)33(29,30)26(2)16-18-9-6-5-7-10-18/h5-7,9-12,15H,8,13-14,16-17H2,1-4H3,(H,24,27). The number of hydrogen-bond donors (Lipinski definition) is 1. The number of carbonyl (C=O) groups is 2. The Hall–Kier alpha value is -2.95. The van der Waals surface area contributed by atoms with E-state index in [0.29, 0.717) is 19.6 Å². The van der Waals surface area contributed by atoms with Crippen molar-refractivity contribution in [1.29, 1.82) is 0 Å². The second-order valence-corrected chi connectivity index (χ2v) is 9.48. The van der Waals surface area contributed by atoms with Crippen LogP contribution in [0.25, 0.3) is 0 Å². The van der Waals surface area contributed by atoms with Gasteiger partial charge in [-0.05, 0) is 30.2 Å². The summed E-state index contributed by atoms with van der Waals surface area (Å²) in [4.78, 5) is 26.1. The fourth-order valence-electron chi connectivity index (χ4n) is 3.11. The molecule has 9 nitrogen and oxygen atoms in total. The third-order valence-corrected chi connectivity index (χ3v) is 6.75. The normalized spacial score (nSPS) is 11.3. The van der Waals surface area contributed by atoms with Crippen LogP contribution in [0.5, 0.6) is 5.75 Å². The highest BCUT2D eigenvalue weighted by atomic mass is 32.2. The van der Waals surface area contributed by atoms with Gasteiger partial charge in [-0.2, -0.15) is 4.31 Å². The van der Waals surface area contributed by atoms with Gasteiger partial charge in [0.2, 0.25) is 15.9 Å². The monoisotopic (exact) mass is 477 g/mol. The smallest absolute Gasteiger partial charge is 0.254 e. The number of rotatable bonds is 12. The number of nitrogens with one attached hydrogen (secondary N) is 1. The summed E-state index contributed by atoms with van der Waals surface area (Å²) in [5.41, 5.74) is 0.961. The largest absolute Gasteiger partial charge is 0.495 e. The minimum Gasteiger partial charge on any atom is -0.495 e. The lowest BCUT2D eigenvalue weighted by Crippen LogP contribution is -2.39. The maximum atomic E-state index is 13.3. The van der Waals surface area contributed by atoms with Crippen LogP contribution in [-0.2, 0) is 26.1 Å². The molecular formula is C23H31N3O6S. The fourth-order valence-corrected chi connectivity index (χ4v) is 4.45. The summed E-state index contributed by atoms with van der Waals surface area (Å²) >= 11 is 0. The second kappa shape index (κ2) is 12.3. The van der Waals surface area contributed by atoms with Gasteiger partial charge in [-0.3, -0.25) is 9.59 Å². The molecule has 180 valence electrons. The molecule has 2 amide bonds. The second-order valence-electron chi connectivity index (χ2n) is 7.47. The van der Waals surface area contributed by atoms with Crippen LogP contribution in [0.4, 0.5) is 0 Å². The Morgan fingerprint density at radius 3 is 2.36 bits per heavy atom. The molecule has 0 aliphatic heterocycles. The molecule has 0 saturated heterocycles. The summed E-state index contributed by atoms with van der Waals surface area (Å²) in [6, 6.07) is 13.4. The zero-order valence-corrected chi connectivity index (χ0v) is 20.2. The van der Waals surface area contributed by atoms with Crippen molar-refractivity contribution in [3.05, 3.63) is 59.7 Å². The Balaban J connectivity index is 2.18. The number of ether oxygens (including phenoxy) is 2. The van der Waals surface area contributed by atoms with Crippen molar-refractivity contribution < 1.29 is 27.5 Å². The summed E-state index contributed by atoms with van der Waals surface area (Å²) in [7, 11) is 1.94. The molecule has 10 heteroatoms. The highest BCUT2D eigenvalue weighted by Crippen LogP contribution is 2.28. The van der Waals surface area contributed by atoms with Crippen LogP contribution in [0.3, 0.4) is 0 Å². The van der Waals surface area contributed by atoms with Crippen molar-refractivity contribution in [1.82, 2.24) is 14.5 Å². The third kappa shape index (κ3) is 7.28. The lowest BCUT2D eigenvalue weighted by molar-refractivity contribution is -0.121. The van der Waals surface area contributed by atoms with E-state index in [1.807, 2.05) is 30.3 Å². The van der Waals surface area contributed by atoms with Gasteiger partial charge in [-0.25, -0.2) is 8.42 Å². The molecule has 0 aliphatic carbocycles. The summed E-state index contributed by atoms with van der Waals surface area (Å²) in [6.07, 6.45) is 0.663. The van der Waals surface area contributed by atoms with Crippen LogP contribution in [0.1, 0.15) is 22.3 Å². The molecule has 0 heterocycles. The van der Waals surface area contributed by atoms with Crippen molar-refractivity contribution >= 4 is 21.8 Å². The number of carbonyl (C=O) groups excluding carboxylic acids is 2. The molecule has 0 unspecified atom stereocenters. The van der Waals surface area contributed by atoms with E-state index in [0.717, 1.165) is 5.56 Å². The van der Waals surface area contributed by atoms with E-state index in [9.17, 15) is 18.0 Å². The molecule has 0 fully saturated rings. The molecular weight excluding hydrogens is 446 g/mol. The molecule has 0 radical (unpaired) electrons.